The van der Waals surface area contributed by atoms with Crippen LogP contribution in [0.1, 0.15) is 11.3 Å². The molecule has 2 rings (SSSR count). The first-order valence-corrected chi connectivity index (χ1v) is 8.74. The van der Waals surface area contributed by atoms with Gasteiger partial charge in [0.15, 0.2) is 0 Å². The van der Waals surface area contributed by atoms with E-state index in [0.29, 0.717) is 6.54 Å². The Morgan fingerprint density at radius 1 is 1.19 bits per heavy atom. The maximum absolute atomic E-state index is 12.3. The normalized spacial score (nSPS) is 11.8. The van der Waals surface area contributed by atoms with Crippen LogP contribution in [-0.2, 0) is 30.2 Å². The number of hydrogen-bond donors (Lipinski definition) is 2. The average molecular weight is 372 g/mol. The lowest BCUT2D eigenvalue weighted by molar-refractivity contribution is 0.581. The molecule has 1 aromatic carbocycles. The Morgan fingerprint density at radius 2 is 1.86 bits per heavy atom. The van der Waals surface area contributed by atoms with Gasteiger partial charge in [0, 0.05) is 36.5 Å². The molecule has 0 fully saturated rings. The first-order valence-electron chi connectivity index (χ1n) is 6.46. The summed E-state index contributed by atoms with van der Waals surface area (Å²) in [4.78, 5) is 0.285. The molecule has 2 N–H and O–H groups in total. The monoisotopic (exact) mass is 371 g/mol. The van der Waals surface area contributed by atoms with Gasteiger partial charge in [0.1, 0.15) is 0 Å². The van der Waals surface area contributed by atoms with E-state index in [-0.39, 0.29) is 11.4 Å². The largest absolute Gasteiger partial charge is 0.352 e. The zero-order valence-corrected chi connectivity index (χ0v) is 14.3. The summed E-state index contributed by atoms with van der Waals surface area (Å²) in [7, 11) is 0.161. The number of nitrogens with one attached hydrogen (secondary N) is 2. The third-order valence-corrected chi connectivity index (χ3v) is 5.03. The topological polar surface area (TPSA) is 63.1 Å². The van der Waals surface area contributed by atoms with E-state index >= 15 is 0 Å². The molecule has 0 aliphatic heterocycles. The zero-order valence-electron chi connectivity index (χ0n) is 11.9. The molecule has 1 aromatic heterocycles. The van der Waals surface area contributed by atoms with Crippen LogP contribution in [0.5, 0.6) is 0 Å². The molecule has 0 radical (unpaired) electrons. The summed E-state index contributed by atoms with van der Waals surface area (Å²) in [5.74, 6) is 0. The number of nitrogens with zero attached hydrogens (tertiary/aromatic N) is 1. The van der Waals surface area contributed by atoms with Crippen molar-refractivity contribution < 1.29 is 8.42 Å². The predicted molar refractivity (Wildman–Crippen MR) is 86.3 cm³/mol. The van der Waals surface area contributed by atoms with E-state index in [4.69, 9.17) is 0 Å². The summed E-state index contributed by atoms with van der Waals surface area (Å²) in [5, 5.41) is 3.01. The van der Waals surface area contributed by atoms with Gasteiger partial charge in [0.2, 0.25) is 10.0 Å². The smallest absolute Gasteiger partial charge is 0.242 e. The van der Waals surface area contributed by atoms with Crippen molar-refractivity contribution in [2.45, 2.75) is 18.0 Å². The van der Waals surface area contributed by atoms with Gasteiger partial charge in [-0.05, 0) is 30.8 Å². The fraction of sp³-hybridized carbons (Fsp3) is 0.286. The van der Waals surface area contributed by atoms with Crippen LogP contribution in [0.15, 0.2) is 45.9 Å². The van der Waals surface area contributed by atoms with Crippen LogP contribution in [0.4, 0.5) is 0 Å². The van der Waals surface area contributed by atoms with Crippen LogP contribution in [-0.4, -0.2) is 20.0 Å². The molecule has 1 heterocycles. The highest BCUT2D eigenvalue weighted by atomic mass is 79.9. The minimum absolute atomic E-state index is 0.270. The zero-order chi connectivity index (χ0) is 15.5. The van der Waals surface area contributed by atoms with Crippen molar-refractivity contribution >= 4 is 26.0 Å². The van der Waals surface area contributed by atoms with Crippen molar-refractivity contribution in [1.29, 1.82) is 0 Å². The molecule has 7 heteroatoms. The number of rotatable bonds is 6. The van der Waals surface area contributed by atoms with Gasteiger partial charge in [0.25, 0.3) is 0 Å². The summed E-state index contributed by atoms with van der Waals surface area (Å²) >= 11 is 3.35. The van der Waals surface area contributed by atoms with Crippen molar-refractivity contribution in [3.05, 3.63) is 52.3 Å². The first kappa shape index (κ1) is 16.2. The number of halogens is 1. The third kappa shape index (κ3) is 4.16. The van der Waals surface area contributed by atoms with Crippen LogP contribution in [0.3, 0.4) is 0 Å². The number of aryl methyl sites for hydroxylation is 1. The molecule has 0 bridgehead atoms. The van der Waals surface area contributed by atoms with Crippen LogP contribution in [0, 0.1) is 0 Å². The van der Waals surface area contributed by atoms with Gasteiger partial charge in [-0.1, -0.05) is 28.1 Å². The lowest BCUT2D eigenvalue weighted by Crippen LogP contribution is -2.22. The summed E-state index contributed by atoms with van der Waals surface area (Å²) in [6.45, 7) is 0.893. The van der Waals surface area contributed by atoms with Crippen molar-refractivity contribution in [2.75, 3.05) is 7.05 Å². The van der Waals surface area contributed by atoms with E-state index in [2.05, 4.69) is 26.0 Å². The van der Waals surface area contributed by atoms with Gasteiger partial charge in [-0.15, -0.1) is 0 Å². The molecule has 21 heavy (non-hydrogen) atoms. The first-order chi connectivity index (χ1) is 9.92. The van der Waals surface area contributed by atoms with Crippen LogP contribution in [0.25, 0.3) is 0 Å². The van der Waals surface area contributed by atoms with Gasteiger partial charge in [-0.2, -0.15) is 0 Å². The quantitative estimate of drug-likeness (QED) is 0.815. The maximum atomic E-state index is 12.3. The molecule has 0 unspecified atom stereocenters. The lowest BCUT2D eigenvalue weighted by atomic mass is 10.2. The van der Waals surface area contributed by atoms with Crippen molar-refractivity contribution in [3.63, 3.8) is 0 Å². The van der Waals surface area contributed by atoms with Crippen LogP contribution < -0.4 is 10.0 Å². The van der Waals surface area contributed by atoms with Gasteiger partial charge in [0.05, 0.1) is 4.90 Å². The Labute approximate surface area is 133 Å². The number of benzene rings is 1. The van der Waals surface area contributed by atoms with E-state index < -0.39 is 10.0 Å². The van der Waals surface area contributed by atoms with Crippen molar-refractivity contribution in [1.82, 2.24) is 14.6 Å². The molecule has 0 aliphatic rings. The highest BCUT2D eigenvalue weighted by molar-refractivity contribution is 9.10. The Hall–Kier alpha value is -1.15. The molecule has 0 spiro atoms. The van der Waals surface area contributed by atoms with Gasteiger partial charge >= 0.3 is 0 Å². The van der Waals surface area contributed by atoms with E-state index in [0.717, 1.165) is 15.7 Å². The summed E-state index contributed by atoms with van der Waals surface area (Å²) < 4.78 is 30.0. The molecule has 0 saturated heterocycles. The lowest BCUT2D eigenvalue weighted by Gasteiger charge is -2.05. The highest BCUT2D eigenvalue weighted by Gasteiger charge is 2.17. The molecule has 0 aliphatic carbocycles. The number of hydrogen-bond acceptors (Lipinski definition) is 3. The molecule has 5 nitrogen and oxygen atoms in total. The highest BCUT2D eigenvalue weighted by Crippen LogP contribution is 2.15. The fourth-order valence-corrected chi connectivity index (χ4v) is 3.32. The van der Waals surface area contributed by atoms with Gasteiger partial charge in [-0.3, -0.25) is 0 Å². The third-order valence-electron chi connectivity index (χ3n) is 3.13. The standard InChI is InChI=1S/C14H18BrN3O2S/c1-16-9-13-7-14(10-18(13)2)21(19,20)17-8-11-3-5-12(15)6-4-11/h3-7,10,16-17H,8-9H2,1-2H3. The summed E-state index contributed by atoms with van der Waals surface area (Å²) in [6, 6.07) is 9.21. The predicted octanol–water partition coefficient (Wildman–Crippen LogP) is 1.99. The molecule has 0 saturated carbocycles. The van der Waals surface area contributed by atoms with E-state index in [1.54, 1.807) is 12.3 Å². The summed E-state index contributed by atoms with van der Waals surface area (Å²) in [6.07, 6.45) is 1.62. The van der Waals surface area contributed by atoms with E-state index in [1.165, 1.54) is 0 Å². The van der Waals surface area contributed by atoms with E-state index in [9.17, 15) is 8.42 Å². The van der Waals surface area contributed by atoms with Gasteiger partial charge < -0.3 is 9.88 Å². The van der Waals surface area contributed by atoms with Crippen molar-refractivity contribution in [2.24, 2.45) is 7.05 Å². The molecular formula is C14H18BrN3O2S. The maximum Gasteiger partial charge on any atom is 0.242 e. The number of aromatic nitrogens is 1. The molecule has 114 valence electrons. The second-order valence-corrected chi connectivity index (χ2v) is 7.44. The Kier molecular flexibility index (Phi) is 5.21. The van der Waals surface area contributed by atoms with Crippen molar-refractivity contribution in [3.8, 4) is 0 Å². The second kappa shape index (κ2) is 6.74. The Bertz CT molecular complexity index is 708. The fourth-order valence-electron chi connectivity index (χ4n) is 1.94. The minimum Gasteiger partial charge on any atom is -0.352 e. The van der Waals surface area contributed by atoms with Gasteiger partial charge in [-0.25, -0.2) is 13.1 Å². The molecule has 0 atom stereocenters. The second-order valence-electron chi connectivity index (χ2n) is 4.76. The molecule has 0 amide bonds. The Balaban J connectivity index is 2.11. The molecular weight excluding hydrogens is 354 g/mol. The average Bonchev–Trinajstić information content (AvgIpc) is 2.81. The molecule has 2 aromatic rings. The SMILES string of the molecule is CNCc1cc(S(=O)(=O)NCc2ccc(Br)cc2)cn1C. The van der Waals surface area contributed by atoms with Crippen LogP contribution in [0.2, 0.25) is 0 Å². The van der Waals surface area contributed by atoms with E-state index in [1.807, 2.05) is 42.9 Å². The Morgan fingerprint density at radius 3 is 2.48 bits per heavy atom. The minimum atomic E-state index is -3.50. The number of sulfonamides is 1. The van der Waals surface area contributed by atoms with Crippen LogP contribution >= 0.6 is 15.9 Å². The summed E-state index contributed by atoms with van der Waals surface area (Å²) in [5.41, 5.74) is 1.83.